The minimum absolute atomic E-state index is 0.136. The van der Waals surface area contributed by atoms with Crippen molar-refractivity contribution in [2.75, 3.05) is 0 Å². The highest BCUT2D eigenvalue weighted by Gasteiger charge is 2.11. The summed E-state index contributed by atoms with van der Waals surface area (Å²) in [6.45, 7) is 0.149. The topological polar surface area (TPSA) is 77.1 Å². The lowest BCUT2D eigenvalue weighted by molar-refractivity contribution is 0.0921. The highest BCUT2D eigenvalue weighted by atomic mass is 16.3. The number of para-hydroxylation sites is 1. The van der Waals surface area contributed by atoms with Crippen LogP contribution in [0.2, 0.25) is 0 Å². The SMILES string of the molecule is Cn1c(CNC(=O)c2ccco2)nc2ccccc2c1=O. The van der Waals surface area contributed by atoms with E-state index in [9.17, 15) is 9.59 Å². The molecule has 0 aliphatic carbocycles. The van der Waals surface area contributed by atoms with Crippen molar-refractivity contribution in [3.8, 4) is 0 Å². The molecule has 0 spiro atoms. The number of aromatic nitrogens is 2. The number of nitrogens with one attached hydrogen (secondary N) is 1. The lowest BCUT2D eigenvalue weighted by atomic mass is 10.2. The van der Waals surface area contributed by atoms with Gasteiger partial charge in [0.15, 0.2) is 5.76 Å². The first-order chi connectivity index (χ1) is 10.2. The van der Waals surface area contributed by atoms with Crippen LogP contribution in [0.1, 0.15) is 16.4 Å². The maximum absolute atomic E-state index is 12.2. The van der Waals surface area contributed by atoms with Crippen LogP contribution in [0, 0.1) is 0 Å². The smallest absolute Gasteiger partial charge is 0.287 e. The van der Waals surface area contributed by atoms with Gasteiger partial charge in [-0.05, 0) is 24.3 Å². The van der Waals surface area contributed by atoms with E-state index in [4.69, 9.17) is 4.42 Å². The van der Waals surface area contributed by atoms with Crippen LogP contribution in [-0.2, 0) is 13.6 Å². The number of nitrogens with zero attached hydrogens (tertiary/aromatic N) is 2. The molecule has 0 fully saturated rings. The van der Waals surface area contributed by atoms with E-state index in [2.05, 4.69) is 10.3 Å². The van der Waals surface area contributed by atoms with Crippen molar-refractivity contribution in [3.63, 3.8) is 0 Å². The van der Waals surface area contributed by atoms with Crippen molar-refractivity contribution in [3.05, 3.63) is 64.6 Å². The van der Waals surface area contributed by atoms with Gasteiger partial charge >= 0.3 is 0 Å². The Balaban J connectivity index is 1.89. The number of hydrogen-bond acceptors (Lipinski definition) is 4. The van der Waals surface area contributed by atoms with Gasteiger partial charge in [-0.3, -0.25) is 14.2 Å². The van der Waals surface area contributed by atoms with Gasteiger partial charge in [0.25, 0.3) is 11.5 Å². The molecule has 106 valence electrons. The van der Waals surface area contributed by atoms with Crippen LogP contribution >= 0.6 is 0 Å². The van der Waals surface area contributed by atoms with Crippen molar-refractivity contribution in [1.82, 2.24) is 14.9 Å². The fourth-order valence-corrected chi connectivity index (χ4v) is 2.08. The standard InChI is InChI=1S/C15H13N3O3/c1-18-13(9-16-14(19)12-7-4-8-21-12)17-11-6-3-2-5-10(11)15(18)20/h2-8H,9H2,1H3,(H,16,19). The predicted molar refractivity (Wildman–Crippen MR) is 76.9 cm³/mol. The Morgan fingerprint density at radius 2 is 2.10 bits per heavy atom. The fraction of sp³-hybridized carbons (Fsp3) is 0.133. The van der Waals surface area contributed by atoms with Crippen molar-refractivity contribution in [2.45, 2.75) is 6.54 Å². The Bertz CT molecular complexity index is 850. The molecule has 6 nitrogen and oxygen atoms in total. The summed E-state index contributed by atoms with van der Waals surface area (Å²) in [5, 5.41) is 3.24. The van der Waals surface area contributed by atoms with Crippen molar-refractivity contribution in [1.29, 1.82) is 0 Å². The first-order valence-corrected chi connectivity index (χ1v) is 6.43. The summed E-state index contributed by atoms with van der Waals surface area (Å²) in [6, 6.07) is 10.3. The zero-order valence-corrected chi connectivity index (χ0v) is 11.4. The van der Waals surface area contributed by atoms with E-state index in [-0.39, 0.29) is 23.8 Å². The normalized spacial score (nSPS) is 10.7. The third-order valence-corrected chi connectivity index (χ3v) is 3.23. The van der Waals surface area contributed by atoms with Crippen molar-refractivity contribution in [2.24, 2.45) is 7.05 Å². The molecule has 0 aliphatic rings. The second-order valence-electron chi connectivity index (χ2n) is 4.57. The van der Waals surface area contributed by atoms with Gasteiger partial charge < -0.3 is 9.73 Å². The Morgan fingerprint density at radius 3 is 2.86 bits per heavy atom. The predicted octanol–water partition coefficient (Wildman–Crippen LogP) is 1.46. The molecule has 3 aromatic rings. The van der Waals surface area contributed by atoms with Crippen LogP contribution in [-0.4, -0.2) is 15.5 Å². The van der Waals surface area contributed by atoms with E-state index in [0.717, 1.165) is 0 Å². The molecule has 21 heavy (non-hydrogen) atoms. The van der Waals surface area contributed by atoms with E-state index >= 15 is 0 Å². The average molecular weight is 283 g/mol. The molecule has 0 unspecified atom stereocenters. The van der Waals surface area contributed by atoms with Crippen LogP contribution in [0.25, 0.3) is 10.9 Å². The zero-order chi connectivity index (χ0) is 14.8. The largest absolute Gasteiger partial charge is 0.459 e. The van der Waals surface area contributed by atoms with Crippen LogP contribution in [0.4, 0.5) is 0 Å². The molecule has 0 atom stereocenters. The molecular weight excluding hydrogens is 270 g/mol. The summed E-state index contributed by atoms with van der Waals surface area (Å²) in [4.78, 5) is 28.4. The molecule has 2 heterocycles. The van der Waals surface area contributed by atoms with E-state index in [1.54, 1.807) is 37.4 Å². The third kappa shape index (κ3) is 2.43. The van der Waals surface area contributed by atoms with Gasteiger partial charge in [-0.15, -0.1) is 0 Å². The molecule has 0 saturated carbocycles. The summed E-state index contributed by atoms with van der Waals surface area (Å²) >= 11 is 0. The second kappa shape index (κ2) is 5.24. The molecule has 1 amide bonds. The van der Waals surface area contributed by atoms with Gasteiger partial charge in [0.2, 0.25) is 0 Å². The van der Waals surface area contributed by atoms with E-state index in [1.165, 1.54) is 10.8 Å². The second-order valence-corrected chi connectivity index (χ2v) is 4.57. The lowest BCUT2D eigenvalue weighted by Gasteiger charge is -2.09. The monoisotopic (exact) mass is 283 g/mol. The minimum Gasteiger partial charge on any atom is -0.459 e. The maximum Gasteiger partial charge on any atom is 0.287 e. The van der Waals surface area contributed by atoms with E-state index < -0.39 is 0 Å². The summed E-state index contributed by atoms with van der Waals surface area (Å²) in [5.74, 6) is 0.363. The number of benzene rings is 1. The lowest BCUT2D eigenvalue weighted by Crippen LogP contribution is -2.29. The summed E-state index contributed by atoms with van der Waals surface area (Å²) < 4.78 is 6.44. The van der Waals surface area contributed by atoms with Crippen LogP contribution in [0.3, 0.4) is 0 Å². The quantitative estimate of drug-likeness (QED) is 0.789. The summed E-state index contributed by atoms with van der Waals surface area (Å²) in [7, 11) is 1.64. The molecule has 1 N–H and O–H groups in total. The van der Waals surface area contributed by atoms with Gasteiger partial charge in [0.05, 0.1) is 23.7 Å². The Hall–Kier alpha value is -2.89. The van der Waals surface area contributed by atoms with Crippen molar-refractivity contribution >= 4 is 16.8 Å². The number of carbonyl (C=O) groups excluding carboxylic acids is 1. The van der Waals surface area contributed by atoms with E-state index in [0.29, 0.717) is 16.7 Å². The van der Waals surface area contributed by atoms with Gasteiger partial charge in [-0.2, -0.15) is 0 Å². The summed E-state index contributed by atoms with van der Waals surface area (Å²) in [5.41, 5.74) is 0.477. The summed E-state index contributed by atoms with van der Waals surface area (Å²) in [6.07, 6.45) is 1.43. The maximum atomic E-state index is 12.2. The molecule has 2 aromatic heterocycles. The number of amides is 1. The molecule has 0 bridgehead atoms. The Morgan fingerprint density at radius 1 is 1.29 bits per heavy atom. The minimum atomic E-state index is -0.345. The fourth-order valence-electron chi connectivity index (χ4n) is 2.08. The number of fused-ring (bicyclic) bond motifs is 1. The number of furan rings is 1. The number of carbonyl (C=O) groups is 1. The highest BCUT2D eigenvalue weighted by Crippen LogP contribution is 2.07. The molecule has 0 radical (unpaired) electrons. The van der Waals surface area contributed by atoms with Crippen LogP contribution in [0.15, 0.2) is 51.9 Å². The third-order valence-electron chi connectivity index (χ3n) is 3.23. The molecule has 6 heteroatoms. The molecule has 0 aliphatic heterocycles. The molecule has 3 rings (SSSR count). The van der Waals surface area contributed by atoms with Crippen LogP contribution < -0.4 is 10.9 Å². The van der Waals surface area contributed by atoms with Gasteiger partial charge in [0.1, 0.15) is 5.82 Å². The molecule has 1 aromatic carbocycles. The first kappa shape index (κ1) is 13.1. The average Bonchev–Trinajstić information content (AvgIpc) is 3.03. The van der Waals surface area contributed by atoms with Gasteiger partial charge in [-0.25, -0.2) is 4.98 Å². The first-order valence-electron chi connectivity index (χ1n) is 6.43. The van der Waals surface area contributed by atoms with Crippen molar-refractivity contribution < 1.29 is 9.21 Å². The molecular formula is C15H13N3O3. The van der Waals surface area contributed by atoms with Crippen LogP contribution in [0.5, 0.6) is 0 Å². The van der Waals surface area contributed by atoms with E-state index in [1.807, 2.05) is 6.07 Å². The highest BCUT2D eigenvalue weighted by molar-refractivity contribution is 5.91. The Labute approximate surface area is 120 Å². The van der Waals surface area contributed by atoms with Gasteiger partial charge in [-0.1, -0.05) is 12.1 Å². The Kier molecular flexibility index (Phi) is 3.27. The molecule has 0 saturated heterocycles. The number of rotatable bonds is 3. The van der Waals surface area contributed by atoms with Gasteiger partial charge in [0, 0.05) is 7.05 Å². The number of hydrogen-bond donors (Lipinski definition) is 1. The zero-order valence-electron chi connectivity index (χ0n) is 11.4.